The Morgan fingerprint density at radius 2 is 1.67 bits per heavy atom. The number of rotatable bonds is 5. The van der Waals surface area contributed by atoms with E-state index < -0.39 is 0 Å². The fraction of sp³-hybridized carbons (Fsp3) is 0.190. The van der Waals surface area contributed by atoms with E-state index in [2.05, 4.69) is 0 Å². The Hall–Kier alpha value is -2.81. The van der Waals surface area contributed by atoms with E-state index in [1.54, 1.807) is 7.11 Å². The lowest BCUT2D eigenvalue weighted by Crippen LogP contribution is -2.13. The number of methoxy groups -OCH3 is 1. The molecule has 0 aliphatic heterocycles. The minimum Gasteiger partial charge on any atom is -0.497 e. The van der Waals surface area contributed by atoms with Gasteiger partial charge in [0.2, 0.25) is 0 Å². The van der Waals surface area contributed by atoms with Crippen LogP contribution in [0.1, 0.15) is 24.0 Å². The first kappa shape index (κ1) is 16.1. The minimum absolute atomic E-state index is 0.216. The van der Waals surface area contributed by atoms with Crippen molar-refractivity contribution in [2.45, 2.75) is 19.4 Å². The number of hydrogen-bond donors (Lipinski definition) is 0. The summed E-state index contributed by atoms with van der Waals surface area (Å²) >= 11 is 0. The molecular formula is C21H20O3. The lowest BCUT2D eigenvalue weighted by Gasteiger charge is -2.13. The van der Waals surface area contributed by atoms with Crippen molar-refractivity contribution in [3.8, 4) is 5.75 Å². The first-order valence-corrected chi connectivity index (χ1v) is 7.95. The Balaban J connectivity index is 1.72. The van der Waals surface area contributed by atoms with Gasteiger partial charge in [-0.2, -0.15) is 0 Å². The van der Waals surface area contributed by atoms with Crippen LogP contribution in [0.4, 0.5) is 0 Å². The lowest BCUT2D eigenvalue weighted by molar-refractivity contribution is -0.146. The van der Waals surface area contributed by atoms with Crippen LogP contribution in [0.2, 0.25) is 0 Å². The fourth-order valence-corrected chi connectivity index (χ4v) is 2.63. The molecule has 3 aromatic rings. The Labute approximate surface area is 141 Å². The zero-order chi connectivity index (χ0) is 16.9. The van der Waals surface area contributed by atoms with Crippen molar-refractivity contribution in [1.29, 1.82) is 0 Å². The summed E-state index contributed by atoms with van der Waals surface area (Å²) in [5.74, 6) is 0.303. The summed E-state index contributed by atoms with van der Waals surface area (Å²) in [5.41, 5.74) is 1.94. The molecule has 0 N–H and O–H groups in total. The minimum atomic E-state index is -0.305. The molecule has 1 atom stereocenters. The fourth-order valence-electron chi connectivity index (χ4n) is 2.63. The van der Waals surface area contributed by atoms with E-state index in [9.17, 15) is 4.79 Å². The normalized spacial score (nSPS) is 11.9. The molecule has 0 radical (unpaired) electrons. The van der Waals surface area contributed by atoms with E-state index in [1.807, 2.05) is 73.7 Å². The van der Waals surface area contributed by atoms with E-state index in [0.29, 0.717) is 6.61 Å². The van der Waals surface area contributed by atoms with Gasteiger partial charge in [0.05, 0.1) is 13.0 Å². The Kier molecular flexibility index (Phi) is 4.80. The molecule has 0 bridgehead atoms. The Bertz CT molecular complexity index is 840. The summed E-state index contributed by atoms with van der Waals surface area (Å²) in [5, 5.41) is 2.17. The number of carbonyl (C=O) groups is 1. The first-order chi connectivity index (χ1) is 11.7. The van der Waals surface area contributed by atoms with Crippen LogP contribution in [0.15, 0.2) is 66.7 Å². The quantitative estimate of drug-likeness (QED) is 0.639. The molecule has 0 aliphatic carbocycles. The van der Waals surface area contributed by atoms with Gasteiger partial charge in [0.15, 0.2) is 0 Å². The van der Waals surface area contributed by atoms with Crippen molar-refractivity contribution in [2.75, 3.05) is 7.11 Å². The number of ether oxygens (including phenoxy) is 2. The highest BCUT2D eigenvalue weighted by Gasteiger charge is 2.17. The number of benzene rings is 3. The number of carbonyl (C=O) groups excluding carboxylic acids is 1. The third-order valence-corrected chi connectivity index (χ3v) is 4.15. The smallest absolute Gasteiger partial charge is 0.313 e. The van der Waals surface area contributed by atoms with Gasteiger partial charge in [-0.05, 0) is 41.0 Å². The second kappa shape index (κ2) is 7.18. The van der Waals surface area contributed by atoms with E-state index in [0.717, 1.165) is 27.6 Å². The molecule has 0 unspecified atom stereocenters. The van der Waals surface area contributed by atoms with Gasteiger partial charge in [0, 0.05) is 0 Å². The van der Waals surface area contributed by atoms with Crippen LogP contribution in [-0.2, 0) is 16.1 Å². The highest BCUT2D eigenvalue weighted by Crippen LogP contribution is 2.26. The van der Waals surface area contributed by atoms with Gasteiger partial charge in [-0.1, -0.05) is 54.6 Å². The molecule has 0 saturated carbocycles. The van der Waals surface area contributed by atoms with Crippen LogP contribution in [-0.4, -0.2) is 13.1 Å². The molecule has 0 amide bonds. The maximum atomic E-state index is 12.3. The standard InChI is InChI=1S/C21H20O3/c1-15(21(22)24-14-16-6-4-3-5-7-16)17-8-9-19-13-20(23-2)11-10-18(19)12-17/h3-13,15H,14H2,1-2H3/t15-/m1/s1. The number of hydrogen-bond acceptors (Lipinski definition) is 3. The van der Waals surface area contributed by atoms with E-state index in [-0.39, 0.29) is 11.9 Å². The molecule has 24 heavy (non-hydrogen) atoms. The van der Waals surface area contributed by atoms with Gasteiger partial charge in [0.25, 0.3) is 0 Å². The number of fused-ring (bicyclic) bond motifs is 1. The summed E-state index contributed by atoms with van der Waals surface area (Å²) < 4.78 is 10.7. The van der Waals surface area contributed by atoms with Gasteiger partial charge >= 0.3 is 5.97 Å². The SMILES string of the molecule is COc1ccc2cc([C@@H](C)C(=O)OCc3ccccc3)ccc2c1. The summed E-state index contributed by atoms with van der Waals surface area (Å²) in [7, 11) is 1.65. The Morgan fingerprint density at radius 1 is 0.958 bits per heavy atom. The number of esters is 1. The average molecular weight is 320 g/mol. The largest absolute Gasteiger partial charge is 0.497 e. The van der Waals surface area contributed by atoms with Crippen molar-refractivity contribution in [1.82, 2.24) is 0 Å². The molecule has 3 aromatic carbocycles. The topological polar surface area (TPSA) is 35.5 Å². The second-order valence-corrected chi connectivity index (χ2v) is 5.79. The van der Waals surface area contributed by atoms with Crippen LogP contribution < -0.4 is 4.74 Å². The van der Waals surface area contributed by atoms with E-state index in [1.165, 1.54) is 0 Å². The molecule has 3 nitrogen and oxygen atoms in total. The maximum Gasteiger partial charge on any atom is 0.313 e. The predicted molar refractivity (Wildman–Crippen MR) is 95.2 cm³/mol. The summed E-state index contributed by atoms with van der Waals surface area (Å²) in [6.45, 7) is 2.17. The molecule has 0 aromatic heterocycles. The molecule has 122 valence electrons. The predicted octanol–water partition coefficient (Wildman–Crippen LogP) is 4.70. The molecule has 0 saturated heterocycles. The third-order valence-electron chi connectivity index (χ3n) is 4.15. The zero-order valence-electron chi connectivity index (χ0n) is 13.9. The Morgan fingerprint density at radius 3 is 2.42 bits per heavy atom. The molecule has 0 fully saturated rings. The van der Waals surface area contributed by atoms with Gasteiger partial charge < -0.3 is 9.47 Å². The van der Waals surface area contributed by atoms with Crippen molar-refractivity contribution >= 4 is 16.7 Å². The zero-order valence-corrected chi connectivity index (χ0v) is 13.9. The molecule has 0 spiro atoms. The van der Waals surface area contributed by atoms with Gasteiger partial charge in [0.1, 0.15) is 12.4 Å². The highest BCUT2D eigenvalue weighted by atomic mass is 16.5. The first-order valence-electron chi connectivity index (χ1n) is 7.95. The maximum absolute atomic E-state index is 12.3. The van der Waals surface area contributed by atoms with Crippen LogP contribution in [0.5, 0.6) is 5.75 Å². The van der Waals surface area contributed by atoms with Crippen LogP contribution in [0.3, 0.4) is 0 Å². The summed E-state index contributed by atoms with van der Waals surface area (Å²) in [6, 6.07) is 21.6. The van der Waals surface area contributed by atoms with Crippen molar-refractivity contribution < 1.29 is 14.3 Å². The lowest BCUT2D eigenvalue weighted by atomic mass is 9.98. The van der Waals surface area contributed by atoms with Crippen molar-refractivity contribution in [3.63, 3.8) is 0 Å². The molecule has 0 heterocycles. The van der Waals surface area contributed by atoms with Crippen LogP contribution >= 0.6 is 0 Å². The van der Waals surface area contributed by atoms with E-state index >= 15 is 0 Å². The molecule has 3 heteroatoms. The highest BCUT2D eigenvalue weighted by molar-refractivity contribution is 5.86. The monoisotopic (exact) mass is 320 g/mol. The van der Waals surface area contributed by atoms with Crippen LogP contribution in [0.25, 0.3) is 10.8 Å². The average Bonchev–Trinajstić information content (AvgIpc) is 2.65. The second-order valence-electron chi connectivity index (χ2n) is 5.79. The van der Waals surface area contributed by atoms with Crippen molar-refractivity contribution in [3.05, 3.63) is 77.9 Å². The molecular weight excluding hydrogens is 300 g/mol. The van der Waals surface area contributed by atoms with Gasteiger partial charge in [-0.15, -0.1) is 0 Å². The van der Waals surface area contributed by atoms with E-state index in [4.69, 9.17) is 9.47 Å². The third kappa shape index (κ3) is 3.57. The van der Waals surface area contributed by atoms with Gasteiger partial charge in [-0.3, -0.25) is 4.79 Å². The van der Waals surface area contributed by atoms with Crippen molar-refractivity contribution in [2.24, 2.45) is 0 Å². The van der Waals surface area contributed by atoms with Gasteiger partial charge in [-0.25, -0.2) is 0 Å². The van der Waals surface area contributed by atoms with Crippen LogP contribution in [0, 0.1) is 0 Å². The molecule has 0 aliphatic rings. The molecule has 3 rings (SSSR count). The summed E-state index contributed by atoms with van der Waals surface area (Å²) in [6.07, 6.45) is 0. The summed E-state index contributed by atoms with van der Waals surface area (Å²) in [4.78, 5) is 12.3.